The number of nitrogens with one attached hydrogen (secondary N) is 3. The van der Waals surface area contributed by atoms with Gasteiger partial charge < -0.3 is 10.1 Å². The van der Waals surface area contributed by atoms with E-state index in [-0.39, 0.29) is 11.2 Å². The highest BCUT2D eigenvalue weighted by atomic mass is 32.2. The zero-order valence-electron chi connectivity index (χ0n) is 21.6. The highest BCUT2D eigenvalue weighted by Crippen LogP contribution is 2.29. The van der Waals surface area contributed by atoms with Gasteiger partial charge in [0, 0.05) is 29.6 Å². The van der Waals surface area contributed by atoms with E-state index in [1.807, 2.05) is 60.0 Å². The molecule has 0 saturated carbocycles. The molecule has 1 saturated heterocycles. The number of rotatable bonds is 9. The lowest BCUT2D eigenvalue weighted by Crippen LogP contribution is -2.30. The number of hydrogen-bond acceptors (Lipinski definition) is 8. The Kier molecular flexibility index (Phi) is 7.59. The van der Waals surface area contributed by atoms with Crippen LogP contribution in [0.15, 0.2) is 53.7 Å². The molecule has 0 radical (unpaired) electrons. The van der Waals surface area contributed by atoms with Crippen LogP contribution in [0.1, 0.15) is 39.4 Å². The summed E-state index contributed by atoms with van der Waals surface area (Å²) in [6.07, 6.45) is 2.40. The summed E-state index contributed by atoms with van der Waals surface area (Å²) in [6.45, 7) is 6.40. The molecule has 3 unspecified atom stereocenters. The Hall–Kier alpha value is -3.21. The van der Waals surface area contributed by atoms with Gasteiger partial charge in [0.2, 0.25) is 5.91 Å². The molecule has 9 nitrogen and oxygen atoms in total. The van der Waals surface area contributed by atoms with Crippen molar-refractivity contribution in [2.24, 2.45) is 5.92 Å². The van der Waals surface area contributed by atoms with Crippen LogP contribution in [0, 0.1) is 5.92 Å². The van der Waals surface area contributed by atoms with E-state index in [1.54, 1.807) is 7.11 Å². The van der Waals surface area contributed by atoms with Crippen molar-refractivity contribution in [3.8, 4) is 5.75 Å². The molecule has 2 aromatic heterocycles. The van der Waals surface area contributed by atoms with Gasteiger partial charge in [-0.3, -0.25) is 15.6 Å². The van der Waals surface area contributed by atoms with Gasteiger partial charge in [-0.05, 0) is 69.0 Å². The van der Waals surface area contributed by atoms with Gasteiger partial charge in [-0.15, -0.1) is 5.10 Å². The molecule has 0 spiro atoms. The summed E-state index contributed by atoms with van der Waals surface area (Å²) in [4.78, 5) is 23.0. The van der Waals surface area contributed by atoms with E-state index in [4.69, 9.17) is 19.8 Å². The van der Waals surface area contributed by atoms with E-state index >= 15 is 0 Å². The number of amides is 1. The van der Waals surface area contributed by atoms with Crippen molar-refractivity contribution in [2.45, 2.75) is 62.5 Å². The number of nitrogens with zero attached hydrogens (tertiary/aromatic N) is 4. The fourth-order valence-electron chi connectivity index (χ4n) is 4.81. The Morgan fingerprint density at radius 2 is 1.84 bits per heavy atom. The summed E-state index contributed by atoms with van der Waals surface area (Å²) in [6, 6.07) is 16.1. The molecule has 4 aromatic rings. The van der Waals surface area contributed by atoms with Gasteiger partial charge in [0.25, 0.3) is 0 Å². The number of fused-ring (bicyclic) bond motifs is 3. The highest BCUT2D eigenvalue weighted by molar-refractivity contribution is 8.00. The molecule has 0 aliphatic carbocycles. The third-order valence-corrected chi connectivity index (χ3v) is 8.29. The number of para-hydroxylation sites is 1. The number of anilines is 1. The van der Waals surface area contributed by atoms with Crippen molar-refractivity contribution in [3.63, 3.8) is 0 Å². The fourth-order valence-corrected chi connectivity index (χ4v) is 5.77. The number of carbonyl (C=O) groups excluding carboxylic acids is 1. The van der Waals surface area contributed by atoms with E-state index in [0.717, 1.165) is 46.7 Å². The van der Waals surface area contributed by atoms with Crippen molar-refractivity contribution < 1.29 is 9.53 Å². The summed E-state index contributed by atoms with van der Waals surface area (Å²) in [5, 5.41) is 9.14. The second kappa shape index (κ2) is 11.0. The lowest BCUT2D eigenvalue weighted by molar-refractivity contribution is -0.115. The zero-order chi connectivity index (χ0) is 25.9. The van der Waals surface area contributed by atoms with Crippen molar-refractivity contribution in [2.75, 3.05) is 12.4 Å². The molecule has 3 atom stereocenters. The number of carbonyl (C=O) groups is 1. The second-order valence-corrected chi connectivity index (χ2v) is 10.6. The molecule has 194 valence electrons. The third-order valence-electron chi connectivity index (χ3n) is 6.99. The van der Waals surface area contributed by atoms with Crippen molar-refractivity contribution in [3.05, 3.63) is 54.4 Å². The molecule has 1 aliphatic heterocycles. The van der Waals surface area contributed by atoms with E-state index in [0.29, 0.717) is 29.6 Å². The lowest BCUT2D eigenvalue weighted by atomic mass is 9.91. The van der Waals surface area contributed by atoms with Crippen LogP contribution in [-0.2, 0) is 11.2 Å². The molecule has 3 heterocycles. The number of benzene rings is 2. The maximum absolute atomic E-state index is 13.2. The largest absolute Gasteiger partial charge is 0.497 e. The van der Waals surface area contributed by atoms with E-state index < -0.39 is 0 Å². The topological polar surface area (TPSA) is 105 Å². The summed E-state index contributed by atoms with van der Waals surface area (Å²) < 4.78 is 7.02. The quantitative estimate of drug-likeness (QED) is 0.223. The van der Waals surface area contributed by atoms with Crippen LogP contribution in [-0.4, -0.2) is 49.9 Å². The number of hydrogen-bond donors (Lipinski definition) is 3. The molecule has 10 heteroatoms. The number of thioether (sulfide) groups is 1. The first-order valence-electron chi connectivity index (χ1n) is 12.7. The molecule has 3 N–H and O–H groups in total. The second-order valence-electron chi connectivity index (χ2n) is 9.48. The Morgan fingerprint density at radius 1 is 1.11 bits per heavy atom. The van der Waals surface area contributed by atoms with E-state index in [2.05, 4.69) is 30.0 Å². The van der Waals surface area contributed by atoms with E-state index in [9.17, 15) is 4.79 Å². The number of aryl methyl sites for hydroxylation is 1. The first kappa shape index (κ1) is 25.4. The normalized spacial score (nSPS) is 20.4. The van der Waals surface area contributed by atoms with Gasteiger partial charge in [-0.25, -0.2) is 9.97 Å². The monoisotopic (exact) mass is 519 g/mol. The van der Waals surface area contributed by atoms with Gasteiger partial charge in [0.15, 0.2) is 16.6 Å². The minimum Gasteiger partial charge on any atom is -0.497 e. The lowest BCUT2D eigenvalue weighted by Gasteiger charge is -2.16. The minimum atomic E-state index is -0.344. The summed E-state index contributed by atoms with van der Waals surface area (Å²) in [5.41, 5.74) is 8.99. The Bertz CT molecular complexity index is 1380. The van der Waals surface area contributed by atoms with Crippen LogP contribution >= 0.6 is 11.8 Å². The first-order chi connectivity index (χ1) is 18.0. The van der Waals surface area contributed by atoms with Crippen molar-refractivity contribution >= 4 is 39.9 Å². The van der Waals surface area contributed by atoms with Crippen LogP contribution in [0.2, 0.25) is 0 Å². The predicted octanol–water partition coefficient (Wildman–Crippen LogP) is 4.23. The van der Waals surface area contributed by atoms with Crippen LogP contribution in [0.25, 0.3) is 16.6 Å². The first-order valence-corrected chi connectivity index (χ1v) is 13.6. The predicted molar refractivity (Wildman–Crippen MR) is 147 cm³/mol. The van der Waals surface area contributed by atoms with Gasteiger partial charge in [-0.1, -0.05) is 30.8 Å². The number of methoxy groups -OCH3 is 1. The van der Waals surface area contributed by atoms with Gasteiger partial charge in [-0.2, -0.15) is 4.52 Å². The third kappa shape index (κ3) is 5.41. The molecular formula is C27H33N7O2S. The van der Waals surface area contributed by atoms with Crippen molar-refractivity contribution in [1.82, 2.24) is 30.4 Å². The number of aromatic nitrogens is 4. The summed E-state index contributed by atoms with van der Waals surface area (Å²) in [7, 11) is 1.62. The van der Waals surface area contributed by atoms with Crippen LogP contribution in [0.3, 0.4) is 0 Å². The van der Waals surface area contributed by atoms with Gasteiger partial charge >= 0.3 is 0 Å². The zero-order valence-corrected chi connectivity index (χ0v) is 22.4. The smallest absolute Gasteiger partial charge is 0.237 e. The maximum Gasteiger partial charge on any atom is 0.237 e. The number of ether oxygens (including phenoxy) is 1. The SMILES string of the molecule is CCC(Sc1nc2ccccc2c2nc(CCC3C(C)NNC3C)nn12)C(=O)Nc1ccc(OC)cc1. The standard InChI is InChI=1S/C27H33N7O2S/c1-5-23(26(35)28-18-10-12-19(36-4)13-11-18)37-27-29-22-9-7-6-8-21(22)25-30-24(33-34(25)27)15-14-20-16(2)31-32-17(20)3/h6-13,16-17,20,23,31-32H,5,14-15H2,1-4H3,(H,28,35). The Balaban J connectivity index is 1.41. The Labute approximate surface area is 220 Å². The molecule has 5 rings (SSSR count). The molecule has 37 heavy (non-hydrogen) atoms. The van der Waals surface area contributed by atoms with Gasteiger partial charge in [0.1, 0.15) is 5.75 Å². The maximum atomic E-state index is 13.2. The average Bonchev–Trinajstić information content (AvgIpc) is 3.49. The van der Waals surface area contributed by atoms with Crippen LogP contribution < -0.4 is 20.9 Å². The number of hydrazine groups is 1. The summed E-state index contributed by atoms with van der Waals surface area (Å²) >= 11 is 1.42. The Morgan fingerprint density at radius 3 is 2.54 bits per heavy atom. The minimum absolute atomic E-state index is 0.0784. The van der Waals surface area contributed by atoms with E-state index in [1.165, 1.54) is 11.8 Å². The fraction of sp³-hybridized carbons (Fsp3) is 0.407. The van der Waals surface area contributed by atoms with Crippen LogP contribution in [0.5, 0.6) is 5.75 Å². The van der Waals surface area contributed by atoms with Crippen LogP contribution in [0.4, 0.5) is 5.69 Å². The molecule has 2 aromatic carbocycles. The molecule has 1 aliphatic rings. The van der Waals surface area contributed by atoms with Gasteiger partial charge in [0.05, 0.1) is 17.9 Å². The molecule has 0 bridgehead atoms. The summed E-state index contributed by atoms with van der Waals surface area (Å²) in [5.74, 6) is 1.96. The van der Waals surface area contributed by atoms with Crippen molar-refractivity contribution in [1.29, 1.82) is 0 Å². The molecule has 1 fully saturated rings. The average molecular weight is 520 g/mol. The highest BCUT2D eigenvalue weighted by Gasteiger charge is 2.30. The molecular weight excluding hydrogens is 486 g/mol. The molecule has 1 amide bonds.